The van der Waals surface area contributed by atoms with Gasteiger partial charge in [-0.25, -0.2) is 4.98 Å². The third-order valence-corrected chi connectivity index (χ3v) is 3.83. The fourth-order valence-electron chi connectivity index (χ4n) is 2.48. The van der Waals surface area contributed by atoms with Crippen molar-refractivity contribution in [2.45, 2.75) is 25.4 Å². The molecule has 0 aromatic carbocycles. The topological polar surface area (TPSA) is 64.6 Å². The molecule has 2 fully saturated rings. The average molecular weight is 277 g/mol. The summed E-state index contributed by atoms with van der Waals surface area (Å²) in [5, 5.41) is 0. The SMILES string of the molecule is O=C(C1CCC1)N1CCOC[C@H](Oc2cnccn2)C1. The standard InChI is InChI=1S/C14H19N3O3/c18-14(11-2-1-3-11)17-6-7-19-10-12(9-17)20-13-8-15-4-5-16-13/h4-5,8,11-12H,1-3,6-7,9-10H2/t12-/m1/s1. The van der Waals surface area contributed by atoms with Crippen molar-refractivity contribution in [1.29, 1.82) is 0 Å². The maximum absolute atomic E-state index is 12.3. The fourth-order valence-corrected chi connectivity index (χ4v) is 2.48. The smallest absolute Gasteiger partial charge is 0.232 e. The van der Waals surface area contributed by atoms with E-state index in [-0.39, 0.29) is 17.9 Å². The molecule has 2 heterocycles. The molecular formula is C14H19N3O3. The van der Waals surface area contributed by atoms with Crippen LogP contribution < -0.4 is 4.74 Å². The molecule has 1 aromatic rings. The minimum Gasteiger partial charge on any atom is -0.469 e. The first-order chi connectivity index (χ1) is 9.83. The summed E-state index contributed by atoms with van der Waals surface area (Å²) in [6.45, 7) is 2.26. The van der Waals surface area contributed by atoms with Crippen molar-refractivity contribution in [2.24, 2.45) is 5.92 Å². The minimum absolute atomic E-state index is 0.182. The van der Waals surface area contributed by atoms with Gasteiger partial charge in [-0.2, -0.15) is 0 Å². The maximum Gasteiger partial charge on any atom is 0.232 e. The fraction of sp³-hybridized carbons (Fsp3) is 0.643. The van der Waals surface area contributed by atoms with E-state index >= 15 is 0 Å². The number of ether oxygens (including phenoxy) is 2. The normalized spacial score (nSPS) is 23.8. The average Bonchev–Trinajstić information content (AvgIpc) is 2.63. The van der Waals surface area contributed by atoms with Crippen LogP contribution in [0.4, 0.5) is 0 Å². The van der Waals surface area contributed by atoms with Crippen molar-refractivity contribution in [3.63, 3.8) is 0 Å². The third kappa shape index (κ3) is 3.07. The molecule has 1 saturated carbocycles. The number of nitrogens with zero attached hydrogens (tertiary/aromatic N) is 3. The van der Waals surface area contributed by atoms with E-state index in [2.05, 4.69) is 9.97 Å². The van der Waals surface area contributed by atoms with E-state index in [0.717, 1.165) is 12.8 Å². The number of rotatable bonds is 3. The molecule has 108 valence electrons. The van der Waals surface area contributed by atoms with E-state index in [1.807, 2.05) is 4.90 Å². The molecular weight excluding hydrogens is 258 g/mol. The van der Waals surface area contributed by atoms with Crippen molar-refractivity contribution >= 4 is 5.91 Å². The van der Waals surface area contributed by atoms with E-state index in [1.54, 1.807) is 18.6 Å². The van der Waals surface area contributed by atoms with Crippen molar-refractivity contribution in [3.05, 3.63) is 18.6 Å². The van der Waals surface area contributed by atoms with Gasteiger partial charge in [0.1, 0.15) is 6.10 Å². The van der Waals surface area contributed by atoms with Gasteiger partial charge >= 0.3 is 0 Å². The highest BCUT2D eigenvalue weighted by atomic mass is 16.5. The molecule has 3 rings (SSSR count). The first-order valence-corrected chi connectivity index (χ1v) is 7.12. The molecule has 20 heavy (non-hydrogen) atoms. The second kappa shape index (κ2) is 6.17. The van der Waals surface area contributed by atoms with Crippen LogP contribution in [0.5, 0.6) is 5.88 Å². The van der Waals surface area contributed by atoms with Crippen LogP contribution in [0.15, 0.2) is 18.6 Å². The Kier molecular flexibility index (Phi) is 4.11. The van der Waals surface area contributed by atoms with Crippen molar-refractivity contribution in [2.75, 3.05) is 26.3 Å². The molecule has 0 unspecified atom stereocenters. The van der Waals surface area contributed by atoms with Gasteiger partial charge in [-0.05, 0) is 12.8 Å². The Morgan fingerprint density at radius 1 is 1.40 bits per heavy atom. The molecule has 6 heteroatoms. The Morgan fingerprint density at radius 3 is 3.00 bits per heavy atom. The Hall–Kier alpha value is -1.69. The zero-order chi connectivity index (χ0) is 13.8. The van der Waals surface area contributed by atoms with E-state index < -0.39 is 0 Å². The van der Waals surface area contributed by atoms with Crippen molar-refractivity contribution < 1.29 is 14.3 Å². The highest BCUT2D eigenvalue weighted by Crippen LogP contribution is 2.28. The summed E-state index contributed by atoms with van der Waals surface area (Å²) < 4.78 is 11.3. The molecule has 0 spiro atoms. The largest absolute Gasteiger partial charge is 0.469 e. The lowest BCUT2D eigenvalue weighted by Crippen LogP contribution is -2.44. The molecule has 6 nitrogen and oxygen atoms in total. The summed E-state index contributed by atoms with van der Waals surface area (Å²) in [6.07, 6.45) is 7.78. The van der Waals surface area contributed by atoms with Gasteiger partial charge < -0.3 is 14.4 Å². The highest BCUT2D eigenvalue weighted by Gasteiger charge is 2.32. The Bertz CT molecular complexity index is 450. The van der Waals surface area contributed by atoms with Gasteiger partial charge in [-0.1, -0.05) is 6.42 Å². The molecule has 0 N–H and O–H groups in total. The second-order valence-corrected chi connectivity index (χ2v) is 5.27. The van der Waals surface area contributed by atoms with Gasteiger partial charge in [0.25, 0.3) is 0 Å². The zero-order valence-corrected chi connectivity index (χ0v) is 11.4. The number of hydrogen-bond donors (Lipinski definition) is 0. The monoisotopic (exact) mass is 277 g/mol. The third-order valence-electron chi connectivity index (χ3n) is 3.83. The molecule has 1 aromatic heterocycles. The summed E-state index contributed by atoms with van der Waals surface area (Å²) in [5.41, 5.74) is 0. The number of carbonyl (C=O) groups excluding carboxylic acids is 1. The molecule has 0 bridgehead atoms. The van der Waals surface area contributed by atoms with E-state index in [9.17, 15) is 4.79 Å². The van der Waals surface area contributed by atoms with Crippen LogP contribution in [-0.2, 0) is 9.53 Å². The van der Waals surface area contributed by atoms with Crippen molar-refractivity contribution in [3.8, 4) is 5.88 Å². The number of carbonyl (C=O) groups is 1. The van der Waals surface area contributed by atoms with Crippen LogP contribution in [0, 0.1) is 5.92 Å². The number of hydrogen-bond acceptors (Lipinski definition) is 5. The maximum atomic E-state index is 12.3. The lowest BCUT2D eigenvalue weighted by molar-refractivity contribution is -0.138. The molecule has 1 atom stereocenters. The minimum atomic E-state index is -0.182. The molecule has 0 radical (unpaired) electrons. The molecule has 1 amide bonds. The first-order valence-electron chi connectivity index (χ1n) is 7.12. The second-order valence-electron chi connectivity index (χ2n) is 5.27. The lowest BCUT2D eigenvalue weighted by atomic mass is 9.84. The van der Waals surface area contributed by atoms with Crippen molar-refractivity contribution in [1.82, 2.24) is 14.9 Å². The Labute approximate surface area is 118 Å². The lowest BCUT2D eigenvalue weighted by Gasteiger charge is -2.31. The van der Waals surface area contributed by atoms with Crippen LogP contribution in [0.2, 0.25) is 0 Å². The van der Waals surface area contributed by atoms with E-state index in [0.29, 0.717) is 32.2 Å². The zero-order valence-electron chi connectivity index (χ0n) is 11.4. The molecule has 1 aliphatic carbocycles. The first kappa shape index (κ1) is 13.3. The van der Waals surface area contributed by atoms with Gasteiger partial charge in [0.2, 0.25) is 11.8 Å². The van der Waals surface area contributed by atoms with E-state index in [4.69, 9.17) is 9.47 Å². The Balaban J connectivity index is 1.61. The number of aromatic nitrogens is 2. The van der Waals surface area contributed by atoms with Gasteiger partial charge in [0.05, 0.1) is 26.0 Å². The summed E-state index contributed by atoms with van der Waals surface area (Å²) >= 11 is 0. The van der Waals surface area contributed by atoms with Crippen LogP contribution in [0.1, 0.15) is 19.3 Å². The Morgan fingerprint density at radius 2 is 2.30 bits per heavy atom. The summed E-state index contributed by atoms with van der Waals surface area (Å²) in [7, 11) is 0. The van der Waals surface area contributed by atoms with Crippen LogP contribution in [-0.4, -0.2) is 53.2 Å². The van der Waals surface area contributed by atoms with E-state index in [1.165, 1.54) is 6.42 Å². The number of amides is 1. The highest BCUT2D eigenvalue weighted by molar-refractivity contribution is 5.79. The summed E-state index contributed by atoms with van der Waals surface area (Å²) in [5.74, 6) is 0.929. The van der Waals surface area contributed by atoms with Gasteiger partial charge in [0.15, 0.2) is 0 Å². The van der Waals surface area contributed by atoms with Crippen LogP contribution >= 0.6 is 0 Å². The predicted molar refractivity (Wildman–Crippen MR) is 71.2 cm³/mol. The van der Waals surface area contributed by atoms with Gasteiger partial charge in [-0.15, -0.1) is 0 Å². The quantitative estimate of drug-likeness (QED) is 0.820. The summed E-state index contributed by atoms with van der Waals surface area (Å²) in [4.78, 5) is 22.3. The van der Waals surface area contributed by atoms with Gasteiger partial charge in [0, 0.05) is 24.9 Å². The van der Waals surface area contributed by atoms with Crippen LogP contribution in [0.3, 0.4) is 0 Å². The molecule has 1 saturated heterocycles. The van der Waals surface area contributed by atoms with Crippen LogP contribution in [0.25, 0.3) is 0 Å². The summed E-state index contributed by atoms with van der Waals surface area (Å²) in [6, 6.07) is 0. The van der Waals surface area contributed by atoms with Gasteiger partial charge in [-0.3, -0.25) is 9.78 Å². The molecule has 1 aliphatic heterocycles. The predicted octanol–water partition coefficient (Wildman–Crippen LogP) is 0.883. The molecule has 2 aliphatic rings.